The zero-order valence-corrected chi connectivity index (χ0v) is 19.2. The predicted molar refractivity (Wildman–Crippen MR) is 122 cm³/mol. The van der Waals surface area contributed by atoms with Crippen LogP contribution in [0.25, 0.3) is 0 Å². The van der Waals surface area contributed by atoms with Gasteiger partial charge in [0.2, 0.25) is 10.0 Å². The molecule has 0 spiro atoms. The molecule has 0 atom stereocenters. The van der Waals surface area contributed by atoms with Gasteiger partial charge in [0.05, 0.1) is 28.7 Å². The number of aromatic hydroxyl groups is 1. The van der Waals surface area contributed by atoms with Crippen LogP contribution in [0.15, 0.2) is 41.3 Å². The molecule has 1 fully saturated rings. The number of rotatable bonds is 8. The summed E-state index contributed by atoms with van der Waals surface area (Å²) in [6.45, 7) is 5.83. The van der Waals surface area contributed by atoms with Gasteiger partial charge in [0.15, 0.2) is 0 Å². The van der Waals surface area contributed by atoms with Gasteiger partial charge in [-0.2, -0.15) is 4.31 Å². The number of phenols is 1. The lowest BCUT2D eigenvalue weighted by Gasteiger charge is -2.28. The Kier molecular flexibility index (Phi) is 7.51. The molecule has 1 aliphatic rings. The van der Waals surface area contributed by atoms with Crippen LogP contribution in [0.2, 0.25) is 0 Å². The average molecular weight is 479 g/mol. The predicted octanol–water partition coefficient (Wildman–Crippen LogP) is 2.42. The highest BCUT2D eigenvalue weighted by molar-refractivity contribution is 7.89. The molecule has 1 saturated heterocycles. The third kappa shape index (κ3) is 5.24. The van der Waals surface area contributed by atoms with Crippen LogP contribution >= 0.6 is 0 Å². The van der Waals surface area contributed by atoms with Crippen LogP contribution < -0.4 is 10.2 Å². The summed E-state index contributed by atoms with van der Waals surface area (Å²) in [5, 5.41) is 24.2. The fraction of sp³-hybridized carbons (Fsp3) is 0.381. The monoisotopic (exact) mass is 478 g/mol. The summed E-state index contributed by atoms with van der Waals surface area (Å²) in [5.74, 6) is -1.06. The van der Waals surface area contributed by atoms with Crippen LogP contribution in [0.4, 0.5) is 17.1 Å². The van der Waals surface area contributed by atoms with Crippen molar-refractivity contribution in [3.8, 4) is 5.75 Å². The van der Waals surface area contributed by atoms with Crippen molar-refractivity contribution in [2.24, 2.45) is 0 Å². The molecule has 0 unspecified atom stereocenters. The van der Waals surface area contributed by atoms with Crippen molar-refractivity contribution in [1.29, 1.82) is 0 Å². The lowest BCUT2D eigenvalue weighted by molar-refractivity contribution is -0.384. The molecule has 178 valence electrons. The van der Waals surface area contributed by atoms with E-state index >= 15 is 0 Å². The summed E-state index contributed by atoms with van der Waals surface area (Å²) in [6, 6.07) is 7.70. The maximum Gasteiger partial charge on any atom is 0.293 e. The number of nitro groups is 1. The van der Waals surface area contributed by atoms with E-state index < -0.39 is 20.9 Å². The normalized spacial score (nSPS) is 14.3. The minimum atomic E-state index is -3.81. The van der Waals surface area contributed by atoms with Crippen LogP contribution in [0, 0.1) is 10.1 Å². The van der Waals surface area contributed by atoms with Crippen molar-refractivity contribution >= 4 is 33.0 Å². The van der Waals surface area contributed by atoms with Crippen molar-refractivity contribution in [2.75, 3.05) is 49.6 Å². The Balaban J connectivity index is 1.89. The molecular weight excluding hydrogens is 452 g/mol. The Morgan fingerprint density at radius 1 is 1.18 bits per heavy atom. The lowest BCUT2D eigenvalue weighted by Crippen LogP contribution is -2.36. The first-order valence-electron chi connectivity index (χ1n) is 10.4. The van der Waals surface area contributed by atoms with E-state index in [9.17, 15) is 28.4 Å². The van der Waals surface area contributed by atoms with Crippen molar-refractivity contribution < 1.29 is 28.0 Å². The SMILES string of the molecule is CCN(CC)S(=O)(=O)c1ccc(O)c(NC(=O)c2ccc(N3CCOCC3)c([N+](=O)[O-])c2)c1. The lowest BCUT2D eigenvalue weighted by atomic mass is 10.1. The van der Waals surface area contributed by atoms with Crippen molar-refractivity contribution in [3.05, 3.63) is 52.1 Å². The summed E-state index contributed by atoms with van der Waals surface area (Å²) < 4.78 is 32.1. The van der Waals surface area contributed by atoms with Crippen LogP contribution in [0.3, 0.4) is 0 Å². The van der Waals surface area contributed by atoms with E-state index in [1.54, 1.807) is 13.8 Å². The maximum absolute atomic E-state index is 12.8. The molecule has 0 aromatic heterocycles. The molecule has 2 aromatic carbocycles. The van der Waals surface area contributed by atoms with Gasteiger partial charge in [0.25, 0.3) is 11.6 Å². The number of hydrogen-bond donors (Lipinski definition) is 2. The van der Waals surface area contributed by atoms with Crippen LogP contribution in [0.5, 0.6) is 5.75 Å². The Hall–Kier alpha value is -3.22. The molecule has 2 N–H and O–H groups in total. The third-order valence-corrected chi connectivity index (χ3v) is 7.39. The number of sulfonamides is 1. The number of anilines is 2. The highest BCUT2D eigenvalue weighted by Gasteiger charge is 2.25. The van der Waals surface area contributed by atoms with Crippen molar-refractivity contribution in [3.63, 3.8) is 0 Å². The molecule has 1 amide bonds. The maximum atomic E-state index is 12.8. The number of nitrogens with one attached hydrogen (secondary N) is 1. The minimum absolute atomic E-state index is 0.00453. The molecule has 11 nitrogen and oxygen atoms in total. The van der Waals surface area contributed by atoms with Gasteiger partial charge in [0.1, 0.15) is 11.4 Å². The number of morpholine rings is 1. The van der Waals surface area contributed by atoms with Crippen LogP contribution in [-0.4, -0.2) is 68.1 Å². The fourth-order valence-corrected chi connectivity index (χ4v) is 5.05. The Labute approximate surface area is 191 Å². The summed E-state index contributed by atoms with van der Waals surface area (Å²) >= 11 is 0. The van der Waals surface area contributed by atoms with Gasteiger partial charge < -0.3 is 20.1 Å². The van der Waals surface area contributed by atoms with E-state index in [0.29, 0.717) is 32.0 Å². The highest BCUT2D eigenvalue weighted by Crippen LogP contribution is 2.32. The number of ether oxygens (including phenoxy) is 1. The molecule has 1 heterocycles. The minimum Gasteiger partial charge on any atom is -0.506 e. The number of carbonyl (C=O) groups is 1. The van der Waals surface area contributed by atoms with Gasteiger partial charge in [0, 0.05) is 37.8 Å². The first kappa shape index (κ1) is 24.4. The van der Waals surface area contributed by atoms with E-state index in [4.69, 9.17) is 4.74 Å². The molecule has 3 rings (SSSR count). The quantitative estimate of drug-likeness (QED) is 0.335. The van der Waals surface area contributed by atoms with E-state index in [1.807, 2.05) is 4.90 Å². The van der Waals surface area contributed by atoms with E-state index in [-0.39, 0.29) is 40.7 Å². The zero-order chi connectivity index (χ0) is 24.2. The molecular formula is C21H26N4O7S. The average Bonchev–Trinajstić information content (AvgIpc) is 2.81. The number of hydrogen-bond acceptors (Lipinski definition) is 8. The number of nitrogens with zero attached hydrogens (tertiary/aromatic N) is 3. The molecule has 12 heteroatoms. The van der Waals surface area contributed by atoms with Gasteiger partial charge in [-0.05, 0) is 30.3 Å². The van der Waals surface area contributed by atoms with Gasteiger partial charge >= 0.3 is 0 Å². The summed E-state index contributed by atoms with van der Waals surface area (Å²) in [7, 11) is -3.81. The molecule has 0 saturated carbocycles. The second-order valence-electron chi connectivity index (χ2n) is 7.28. The number of phenolic OH excluding ortho intramolecular Hbond substituents is 1. The van der Waals surface area contributed by atoms with Gasteiger partial charge in [-0.15, -0.1) is 0 Å². The number of nitro benzene ring substituents is 1. The van der Waals surface area contributed by atoms with E-state index in [2.05, 4.69) is 5.32 Å². The third-order valence-electron chi connectivity index (χ3n) is 5.35. The molecule has 2 aromatic rings. The first-order valence-corrected chi connectivity index (χ1v) is 11.9. The van der Waals surface area contributed by atoms with Gasteiger partial charge in [-0.3, -0.25) is 14.9 Å². The fourth-order valence-electron chi connectivity index (χ4n) is 3.57. The Morgan fingerprint density at radius 3 is 2.45 bits per heavy atom. The van der Waals surface area contributed by atoms with E-state index in [1.165, 1.54) is 28.6 Å². The van der Waals surface area contributed by atoms with Gasteiger partial charge in [-0.1, -0.05) is 13.8 Å². The second kappa shape index (κ2) is 10.1. The largest absolute Gasteiger partial charge is 0.506 e. The number of carbonyl (C=O) groups excluding carboxylic acids is 1. The number of benzene rings is 2. The van der Waals surface area contributed by atoms with E-state index in [0.717, 1.165) is 12.1 Å². The highest BCUT2D eigenvalue weighted by atomic mass is 32.2. The standard InChI is InChI=1S/C21H26N4O7S/c1-3-24(4-2)33(30,31)16-6-8-20(26)17(14-16)22-21(27)15-5-7-18(19(13-15)25(28)29)23-9-11-32-12-10-23/h5-8,13-14,26H,3-4,9-12H2,1-2H3,(H,22,27). The number of amides is 1. The van der Waals surface area contributed by atoms with Gasteiger partial charge in [-0.25, -0.2) is 8.42 Å². The molecule has 0 aliphatic carbocycles. The topological polar surface area (TPSA) is 142 Å². The van der Waals surface area contributed by atoms with Crippen LogP contribution in [-0.2, 0) is 14.8 Å². The Morgan fingerprint density at radius 2 is 1.85 bits per heavy atom. The summed E-state index contributed by atoms with van der Waals surface area (Å²) in [4.78, 5) is 25.6. The molecule has 1 aliphatic heterocycles. The summed E-state index contributed by atoms with van der Waals surface area (Å²) in [6.07, 6.45) is 0. The zero-order valence-electron chi connectivity index (χ0n) is 18.4. The summed E-state index contributed by atoms with van der Waals surface area (Å²) in [5.41, 5.74) is 0.0323. The molecule has 0 radical (unpaired) electrons. The van der Waals surface area contributed by atoms with Crippen LogP contribution in [0.1, 0.15) is 24.2 Å². The smallest absolute Gasteiger partial charge is 0.293 e. The first-order chi connectivity index (χ1) is 15.7. The molecule has 33 heavy (non-hydrogen) atoms. The van der Waals surface area contributed by atoms with Crippen molar-refractivity contribution in [1.82, 2.24) is 4.31 Å². The van der Waals surface area contributed by atoms with Crippen molar-refractivity contribution in [2.45, 2.75) is 18.7 Å². The second-order valence-corrected chi connectivity index (χ2v) is 9.22. The molecule has 0 bridgehead atoms. The Bertz CT molecular complexity index is 1140.